The maximum atomic E-state index is 15.3. The van der Waals surface area contributed by atoms with Gasteiger partial charge in [0.05, 0.1) is 52.8 Å². The number of hydrogen-bond acceptors (Lipinski definition) is 7. The molecule has 2 aliphatic heterocycles. The number of rotatable bonds is 6. The summed E-state index contributed by atoms with van der Waals surface area (Å²) in [7, 11) is 1.40. The summed E-state index contributed by atoms with van der Waals surface area (Å²) in [6, 6.07) is 20.3. The van der Waals surface area contributed by atoms with Gasteiger partial charge in [-0.25, -0.2) is 4.90 Å². The number of hydrogen-bond donors (Lipinski definition) is 2. The number of imide groups is 2. The Balaban J connectivity index is 1.31. The lowest BCUT2D eigenvalue weighted by Crippen LogP contribution is -2.53. The molecule has 3 fully saturated rings. The molecule has 0 aromatic heterocycles. The number of fused-ring (bicyclic) bond motifs is 4. The van der Waals surface area contributed by atoms with Gasteiger partial charge in [-0.3, -0.25) is 24.6 Å². The van der Waals surface area contributed by atoms with Crippen LogP contribution < -0.4 is 15.1 Å². The molecule has 8 rings (SSSR count). The number of nitrogens with zero attached hydrogens (tertiary/aromatic N) is 2. The fourth-order valence-corrected chi connectivity index (χ4v) is 9.30. The molecule has 4 aromatic carbocycles. The molecule has 0 bridgehead atoms. The Morgan fingerprint density at radius 3 is 2.05 bits per heavy atom. The predicted molar refractivity (Wildman–Crippen MR) is 192 cm³/mol. The van der Waals surface area contributed by atoms with Crippen LogP contribution in [0.2, 0.25) is 0 Å². The third kappa shape index (κ3) is 5.84. The van der Waals surface area contributed by atoms with Crippen molar-refractivity contribution in [3.8, 4) is 11.5 Å². The molecule has 4 aliphatic rings. The number of phenolic OH excluding ortho intramolecular Hbond substituents is 1. The molecule has 4 amide bonds. The van der Waals surface area contributed by atoms with E-state index in [-0.39, 0.29) is 36.0 Å². The van der Waals surface area contributed by atoms with Crippen molar-refractivity contribution in [1.29, 1.82) is 0 Å². The lowest BCUT2D eigenvalue weighted by Gasteiger charge is -2.50. The summed E-state index contributed by atoms with van der Waals surface area (Å²) < 4.78 is 89.0. The molecule has 6 unspecified atom stereocenters. The van der Waals surface area contributed by atoms with E-state index in [0.717, 1.165) is 10.6 Å². The number of amides is 4. The van der Waals surface area contributed by atoms with E-state index in [1.807, 2.05) is 6.92 Å². The topological polar surface area (TPSA) is 116 Å². The Morgan fingerprint density at radius 1 is 0.789 bits per heavy atom. The molecule has 9 nitrogen and oxygen atoms in total. The summed E-state index contributed by atoms with van der Waals surface area (Å²) in [4.78, 5) is 59.0. The summed E-state index contributed by atoms with van der Waals surface area (Å²) in [5.41, 5.74) is -0.791. The molecule has 57 heavy (non-hydrogen) atoms. The van der Waals surface area contributed by atoms with E-state index in [1.54, 1.807) is 60.7 Å². The normalized spacial score (nSPS) is 25.9. The van der Waals surface area contributed by atoms with E-state index in [4.69, 9.17) is 4.74 Å². The molecule has 0 radical (unpaired) electrons. The molecule has 2 saturated heterocycles. The molecule has 1 saturated carbocycles. The van der Waals surface area contributed by atoms with E-state index < -0.39 is 87.8 Å². The van der Waals surface area contributed by atoms with Crippen LogP contribution in [-0.2, 0) is 36.9 Å². The fraction of sp³-hybridized carbons (Fsp3) is 0.286. The number of aromatic hydroxyl groups is 1. The number of hydrazine groups is 1. The van der Waals surface area contributed by atoms with Gasteiger partial charge in [0.2, 0.25) is 11.8 Å². The Labute approximate surface area is 321 Å². The van der Waals surface area contributed by atoms with Crippen LogP contribution in [0.5, 0.6) is 11.5 Å². The molecule has 4 aromatic rings. The Bertz CT molecular complexity index is 2330. The largest absolute Gasteiger partial charge is 0.508 e. The first-order chi connectivity index (χ1) is 27.0. The van der Waals surface area contributed by atoms with Crippen molar-refractivity contribution < 1.29 is 55.4 Å². The lowest BCUT2D eigenvalue weighted by atomic mass is 9.49. The van der Waals surface area contributed by atoms with Crippen molar-refractivity contribution in [2.24, 2.45) is 23.7 Å². The van der Waals surface area contributed by atoms with Crippen molar-refractivity contribution in [2.75, 3.05) is 17.4 Å². The van der Waals surface area contributed by atoms with Gasteiger partial charge >= 0.3 is 12.4 Å². The number of methoxy groups -OCH3 is 1. The van der Waals surface area contributed by atoms with Crippen LogP contribution >= 0.6 is 0 Å². The van der Waals surface area contributed by atoms with Gasteiger partial charge in [0.25, 0.3) is 11.8 Å². The van der Waals surface area contributed by atoms with Gasteiger partial charge in [0.1, 0.15) is 11.5 Å². The number of carbonyl (C=O) groups excluding carboxylic acids is 4. The zero-order valence-electron chi connectivity index (χ0n) is 30.2. The van der Waals surface area contributed by atoms with Crippen molar-refractivity contribution >= 4 is 35.0 Å². The van der Waals surface area contributed by atoms with Gasteiger partial charge in [0.15, 0.2) is 0 Å². The molecule has 294 valence electrons. The average Bonchev–Trinajstić information content (AvgIpc) is 3.56. The van der Waals surface area contributed by atoms with Crippen LogP contribution in [0.15, 0.2) is 103 Å². The molecule has 6 atom stereocenters. The fourth-order valence-electron chi connectivity index (χ4n) is 9.30. The van der Waals surface area contributed by atoms with Gasteiger partial charge < -0.3 is 9.84 Å². The Kier molecular flexibility index (Phi) is 8.78. The third-order valence-electron chi connectivity index (χ3n) is 11.8. The van der Waals surface area contributed by atoms with Crippen LogP contribution in [0, 0.1) is 30.6 Å². The number of anilines is 2. The summed E-state index contributed by atoms with van der Waals surface area (Å²) >= 11 is 0. The molecule has 0 spiro atoms. The highest BCUT2D eigenvalue weighted by molar-refractivity contribution is 6.22. The summed E-state index contributed by atoms with van der Waals surface area (Å²) in [5, 5.41) is 12.5. The van der Waals surface area contributed by atoms with Crippen LogP contribution in [0.25, 0.3) is 0 Å². The highest BCUT2D eigenvalue weighted by Crippen LogP contribution is 2.65. The zero-order chi connectivity index (χ0) is 40.8. The Hall–Kier alpha value is -6.12. The van der Waals surface area contributed by atoms with Gasteiger partial charge in [-0.2, -0.15) is 31.4 Å². The zero-order valence-corrected chi connectivity index (χ0v) is 30.2. The second-order valence-corrected chi connectivity index (χ2v) is 14.8. The van der Waals surface area contributed by atoms with Crippen LogP contribution in [0.3, 0.4) is 0 Å². The van der Waals surface area contributed by atoms with Gasteiger partial charge in [-0.1, -0.05) is 59.7 Å². The van der Waals surface area contributed by atoms with Gasteiger partial charge in [0, 0.05) is 11.5 Å². The summed E-state index contributed by atoms with van der Waals surface area (Å²) in [6.07, 6.45) is -9.22. The Morgan fingerprint density at radius 2 is 1.44 bits per heavy atom. The molecule has 2 heterocycles. The third-order valence-corrected chi connectivity index (χ3v) is 11.8. The monoisotopic (exact) mass is 789 g/mol. The second-order valence-electron chi connectivity index (χ2n) is 14.8. The minimum atomic E-state index is -5.24. The molecular formula is C42H33F6N3O6. The SMILES string of the molecule is COc1ccc(O)c(C2C3=CCC4C(=O)N(c5cc(C(F)(F)F)cc(C(F)(F)F)c5)C(=O)C4C3CC3C(=O)N(Nc4ccc(C)cc4)C(=O)C32c2ccccc2)c1. The first kappa shape index (κ1) is 37.8. The number of ether oxygens (including phenoxy) is 1. The number of halogens is 6. The molecule has 15 heteroatoms. The number of alkyl halides is 6. The minimum absolute atomic E-state index is 0.0874. The van der Waals surface area contributed by atoms with Crippen molar-refractivity contribution in [3.63, 3.8) is 0 Å². The first-order valence-corrected chi connectivity index (χ1v) is 18.0. The van der Waals surface area contributed by atoms with Crippen molar-refractivity contribution in [3.05, 3.63) is 130 Å². The summed E-state index contributed by atoms with van der Waals surface area (Å²) in [6.45, 7) is 1.86. The van der Waals surface area contributed by atoms with E-state index in [0.29, 0.717) is 33.9 Å². The first-order valence-electron chi connectivity index (χ1n) is 18.0. The molecule has 2 N–H and O–H groups in total. The maximum Gasteiger partial charge on any atom is 0.416 e. The lowest BCUT2D eigenvalue weighted by molar-refractivity contribution is -0.143. The average molecular weight is 790 g/mol. The quantitative estimate of drug-likeness (QED) is 0.116. The number of carbonyl (C=O) groups is 4. The highest BCUT2D eigenvalue weighted by atomic mass is 19.4. The number of aryl methyl sites for hydroxylation is 1. The van der Waals surface area contributed by atoms with E-state index >= 15 is 4.79 Å². The van der Waals surface area contributed by atoms with E-state index in [2.05, 4.69) is 5.43 Å². The van der Waals surface area contributed by atoms with E-state index in [9.17, 15) is 45.8 Å². The van der Waals surface area contributed by atoms with Gasteiger partial charge in [-0.05, 0) is 79.8 Å². The number of nitrogens with one attached hydrogen (secondary N) is 1. The summed E-state index contributed by atoms with van der Waals surface area (Å²) in [5.74, 6) is -9.38. The second kappa shape index (κ2) is 13.2. The maximum absolute atomic E-state index is 15.3. The predicted octanol–water partition coefficient (Wildman–Crippen LogP) is 7.94. The minimum Gasteiger partial charge on any atom is -0.508 e. The van der Waals surface area contributed by atoms with Crippen LogP contribution in [-0.4, -0.2) is 40.9 Å². The van der Waals surface area contributed by atoms with Crippen LogP contribution in [0.4, 0.5) is 37.7 Å². The molecular weight excluding hydrogens is 756 g/mol. The van der Waals surface area contributed by atoms with Gasteiger partial charge in [-0.15, -0.1) is 0 Å². The van der Waals surface area contributed by atoms with Crippen LogP contribution in [0.1, 0.15) is 46.6 Å². The number of allylic oxidation sites excluding steroid dienone is 2. The molecule has 2 aliphatic carbocycles. The van der Waals surface area contributed by atoms with Crippen molar-refractivity contribution in [1.82, 2.24) is 5.01 Å². The van der Waals surface area contributed by atoms with Crippen molar-refractivity contribution in [2.45, 2.75) is 43.5 Å². The standard InChI is InChI=1S/C42H33F6N3O6/c1-21-8-10-25(11-9-21)49-51-37(54)32-20-30-28(35(31-19-27(57-2)12-15-33(31)52)40(32,39(51)56)22-6-4-3-5-7-22)13-14-29-34(30)38(55)50(36(29)53)26-17-23(41(43,44)45)16-24(18-26)42(46,47)48/h3-13,15-19,29-30,32,34-35,49,52H,14,20H2,1-2H3. The smallest absolute Gasteiger partial charge is 0.416 e. The highest BCUT2D eigenvalue weighted by Gasteiger charge is 2.70. The number of benzene rings is 4. The van der Waals surface area contributed by atoms with E-state index in [1.165, 1.54) is 25.3 Å². The number of phenols is 1.